The first-order valence-electron chi connectivity index (χ1n) is 4.27. The molecule has 1 heterocycles. The third kappa shape index (κ3) is 3.75. The van der Waals surface area contributed by atoms with Gasteiger partial charge in [0.15, 0.2) is 0 Å². The monoisotopic (exact) mass is 261 g/mol. The predicted molar refractivity (Wildman–Crippen MR) is 64.7 cm³/mol. The third-order valence-electron chi connectivity index (χ3n) is 1.61. The molecule has 0 aliphatic rings. The van der Waals surface area contributed by atoms with Crippen LogP contribution in [-0.2, 0) is 0 Å². The number of carbonyl (C=O) groups is 1. The van der Waals surface area contributed by atoms with Gasteiger partial charge in [-0.3, -0.25) is 4.79 Å². The lowest BCUT2D eigenvalue weighted by molar-refractivity contribution is 0.0955. The Balaban J connectivity index is 2.52. The van der Waals surface area contributed by atoms with Crippen LogP contribution < -0.4 is 5.32 Å². The maximum Gasteiger partial charge on any atom is 0.253 e. The summed E-state index contributed by atoms with van der Waals surface area (Å²) in [6.45, 7) is 2.28. The van der Waals surface area contributed by atoms with Gasteiger partial charge in [0.05, 0.1) is 9.90 Å². The second-order valence-corrected chi connectivity index (χ2v) is 4.96. The third-order valence-corrected chi connectivity index (χ3v) is 3.10. The highest BCUT2D eigenvalue weighted by atomic mass is 35.5. The first kappa shape index (κ1) is 12.4. The van der Waals surface area contributed by atoms with Crippen molar-refractivity contribution >= 4 is 40.4 Å². The van der Waals surface area contributed by atoms with Crippen LogP contribution in [0.4, 0.5) is 0 Å². The summed E-state index contributed by atoms with van der Waals surface area (Å²) < 4.78 is 0.928. The van der Waals surface area contributed by atoms with Gasteiger partial charge in [-0.2, -0.15) is 0 Å². The molecule has 0 aromatic carbocycles. The van der Waals surface area contributed by atoms with E-state index in [0.717, 1.165) is 0 Å². The molecule has 0 unspecified atom stereocenters. The van der Waals surface area contributed by atoms with Crippen molar-refractivity contribution < 1.29 is 4.79 Å². The summed E-state index contributed by atoms with van der Waals surface area (Å²) in [6, 6.07) is 1.56. The minimum Gasteiger partial charge on any atom is -0.351 e. The fraction of sp³-hybridized carbons (Fsp3) is 0.300. The molecule has 0 atom stereocenters. The van der Waals surface area contributed by atoms with Gasteiger partial charge in [0, 0.05) is 13.0 Å². The van der Waals surface area contributed by atoms with Crippen LogP contribution in [0.3, 0.4) is 0 Å². The Kier molecular flexibility index (Phi) is 4.97. The van der Waals surface area contributed by atoms with Crippen LogP contribution in [0.2, 0.25) is 8.67 Å². The van der Waals surface area contributed by atoms with Crippen LogP contribution in [0.1, 0.15) is 23.7 Å². The van der Waals surface area contributed by atoms with Crippen LogP contribution in [0.15, 0.2) is 6.07 Å². The lowest BCUT2D eigenvalue weighted by atomic mass is 10.3. The molecule has 0 aliphatic carbocycles. The van der Waals surface area contributed by atoms with E-state index in [1.165, 1.54) is 11.3 Å². The molecule has 1 rings (SSSR count). The van der Waals surface area contributed by atoms with Crippen molar-refractivity contribution in [2.75, 3.05) is 6.54 Å². The molecule has 2 nitrogen and oxygen atoms in total. The van der Waals surface area contributed by atoms with Crippen molar-refractivity contribution in [2.45, 2.75) is 13.3 Å². The summed E-state index contributed by atoms with van der Waals surface area (Å²) in [5, 5.41) is 2.71. The van der Waals surface area contributed by atoms with Gasteiger partial charge >= 0.3 is 0 Å². The topological polar surface area (TPSA) is 29.1 Å². The number of hydrogen-bond donors (Lipinski definition) is 1. The quantitative estimate of drug-likeness (QED) is 0.657. The van der Waals surface area contributed by atoms with E-state index in [1.807, 2.05) is 0 Å². The Hall–Kier alpha value is -0.690. The predicted octanol–water partition coefficient (Wildman–Crippen LogP) is 3.20. The normalized spacial score (nSPS) is 9.27. The Bertz CT molecular complexity index is 417. The second kappa shape index (κ2) is 6.02. The molecule has 0 aliphatic heterocycles. The van der Waals surface area contributed by atoms with Crippen molar-refractivity contribution in [3.8, 4) is 11.8 Å². The van der Waals surface area contributed by atoms with Gasteiger partial charge in [0.1, 0.15) is 4.34 Å². The molecule has 0 radical (unpaired) electrons. The summed E-state index contributed by atoms with van der Waals surface area (Å²) >= 11 is 12.7. The number of hydrogen-bond acceptors (Lipinski definition) is 2. The van der Waals surface area contributed by atoms with E-state index in [2.05, 4.69) is 17.2 Å². The number of amides is 1. The maximum atomic E-state index is 11.5. The Labute approximate surface area is 103 Å². The fourth-order valence-electron chi connectivity index (χ4n) is 0.954. The minimum atomic E-state index is -0.207. The zero-order chi connectivity index (χ0) is 11.3. The van der Waals surface area contributed by atoms with Gasteiger partial charge in [-0.05, 0) is 13.0 Å². The summed E-state index contributed by atoms with van der Waals surface area (Å²) in [6.07, 6.45) is 0.637. The molecule has 5 heteroatoms. The molecule has 1 amide bonds. The molecular formula is C10H9Cl2NOS. The highest BCUT2D eigenvalue weighted by Crippen LogP contribution is 2.30. The molecule has 1 aromatic heterocycles. The number of carbonyl (C=O) groups excluding carboxylic acids is 1. The van der Waals surface area contributed by atoms with E-state index in [9.17, 15) is 4.79 Å². The van der Waals surface area contributed by atoms with Crippen LogP contribution in [0.25, 0.3) is 0 Å². The zero-order valence-electron chi connectivity index (χ0n) is 8.06. The summed E-state index contributed by atoms with van der Waals surface area (Å²) in [4.78, 5) is 11.5. The minimum absolute atomic E-state index is 0.207. The molecule has 1 aromatic rings. The Morgan fingerprint density at radius 1 is 1.60 bits per heavy atom. The van der Waals surface area contributed by atoms with Crippen molar-refractivity contribution in [1.82, 2.24) is 5.32 Å². The number of rotatable bonds is 3. The van der Waals surface area contributed by atoms with Gasteiger partial charge in [0.2, 0.25) is 0 Å². The van der Waals surface area contributed by atoms with Gasteiger partial charge in [-0.15, -0.1) is 23.2 Å². The van der Waals surface area contributed by atoms with Gasteiger partial charge in [-0.25, -0.2) is 0 Å². The van der Waals surface area contributed by atoms with Crippen molar-refractivity contribution in [3.05, 3.63) is 20.3 Å². The van der Waals surface area contributed by atoms with E-state index >= 15 is 0 Å². The lowest BCUT2D eigenvalue weighted by Gasteiger charge is -2.00. The Morgan fingerprint density at radius 2 is 2.33 bits per heavy atom. The highest BCUT2D eigenvalue weighted by molar-refractivity contribution is 7.20. The van der Waals surface area contributed by atoms with Crippen LogP contribution in [0.5, 0.6) is 0 Å². The largest absolute Gasteiger partial charge is 0.351 e. The molecule has 0 spiro atoms. The highest BCUT2D eigenvalue weighted by Gasteiger charge is 2.12. The van der Waals surface area contributed by atoms with Gasteiger partial charge < -0.3 is 5.32 Å². The first-order chi connectivity index (χ1) is 7.15. The second-order valence-electron chi connectivity index (χ2n) is 2.67. The van der Waals surface area contributed by atoms with E-state index < -0.39 is 0 Å². The van der Waals surface area contributed by atoms with E-state index in [4.69, 9.17) is 23.2 Å². The molecule has 0 fully saturated rings. The van der Waals surface area contributed by atoms with E-state index in [-0.39, 0.29) is 5.91 Å². The van der Waals surface area contributed by atoms with Crippen molar-refractivity contribution in [3.63, 3.8) is 0 Å². The van der Waals surface area contributed by atoms with Crippen LogP contribution >= 0.6 is 34.5 Å². The van der Waals surface area contributed by atoms with Gasteiger partial charge in [-0.1, -0.05) is 23.2 Å². The molecule has 1 N–H and O–H groups in total. The van der Waals surface area contributed by atoms with Gasteiger partial charge in [0.25, 0.3) is 5.91 Å². The summed E-state index contributed by atoms with van der Waals surface area (Å²) in [5.74, 6) is 5.40. The van der Waals surface area contributed by atoms with E-state index in [0.29, 0.717) is 27.2 Å². The maximum absolute atomic E-state index is 11.5. The SMILES string of the molecule is CC#CCCNC(=O)c1cc(Cl)sc1Cl. The number of thiophene rings is 1. The van der Waals surface area contributed by atoms with Crippen molar-refractivity contribution in [1.29, 1.82) is 0 Å². The average Bonchev–Trinajstić information content (AvgIpc) is 2.52. The average molecular weight is 262 g/mol. The summed E-state index contributed by atoms with van der Waals surface area (Å²) in [7, 11) is 0. The standard InChI is InChI=1S/C10H9Cl2NOS/c1-2-3-4-5-13-10(14)7-6-8(11)15-9(7)12/h6H,4-5H2,1H3,(H,13,14). The molecule has 0 saturated heterocycles. The lowest BCUT2D eigenvalue weighted by Crippen LogP contribution is -2.23. The molecule has 15 heavy (non-hydrogen) atoms. The summed E-state index contributed by atoms with van der Waals surface area (Å²) in [5.41, 5.74) is 0.427. The number of halogens is 2. The molecule has 0 bridgehead atoms. The molecule has 0 saturated carbocycles. The smallest absolute Gasteiger partial charge is 0.253 e. The van der Waals surface area contributed by atoms with Crippen molar-refractivity contribution in [2.24, 2.45) is 0 Å². The van der Waals surface area contributed by atoms with Crippen LogP contribution in [-0.4, -0.2) is 12.5 Å². The molecular weight excluding hydrogens is 253 g/mol. The number of nitrogens with one attached hydrogen (secondary N) is 1. The van der Waals surface area contributed by atoms with E-state index in [1.54, 1.807) is 13.0 Å². The first-order valence-corrected chi connectivity index (χ1v) is 5.85. The molecule has 80 valence electrons. The van der Waals surface area contributed by atoms with Crippen LogP contribution in [0, 0.1) is 11.8 Å². The Morgan fingerprint density at radius 3 is 2.87 bits per heavy atom. The zero-order valence-corrected chi connectivity index (χ0v) is 10.4. The fourth-order valence-corrected chi connectivity index (χ4v) is 2.41.